The molecule has 0 unspecified atom stereocenters. The quantitative estimate of drug-likeness (QED) is 0.651. The van der Waals surface area contributed by atoms with Crippen LogP contribution in [-0.2, 0) is 17.5 Å². The summed E-state index contributed by atoms with van der Waals surface area (Å²) in [4.78, 5) is 16.3. The SMILES string of the molecule is O=C(CNc1cccc(C(F)(F)F)c1)NCc1cn2cc(Br)ccc2n1. The molecule has 0 saturated heterocycles. The van der Waals surface area contributed by atoms with Gasteiger partial charge in [-0.3, -0.25) is 4.79 Å². The zero-order valence-corrected chi connectivity index (χ0v) is 14.9. The summed E-state index contributed by atoms with van der Waals surface area (Å²) in [7, 11) is 0. The summed E-state index contributed by atoms with van der Waals surface area (Å²) in [5.74, 6) is -0.347. The second kappa shape index (κ2) is 7.36. The molecule has 0 radical (unpaired) electrons. The summed E-state index contributed by atoms with van der Waals surface area (Å²) in [5, 5.41) is 5.36. The van der Waals surface area contributed by atoms with Crippen molar-refractivity contribution < 1.29 is 18.0 Å². The fourth-order valence-corrected chi connectivity index (χ4v) is 2.69. The highest BCUT2D eigenvalue weighted by Crippen LogP contribution is 2.30. The van der Waals surface area contributed by atoms with Gasteiger partial charge in [0, 0.05) is 22.6 Å². The van der Waals surface area contributed by atoms with E-state index in [-0.39, 0.29) is 24.7 Å². The van der Waals surface area contributed by atoms with E-state index in [9.17, 15) is 18.0 Å². The van der Waals surface area contributed by atoms with Crippen molar-refractivity contribution in [3.05, 3.63) is 64.5 Å². The molecule has 2 aromatic heterocycles. The van der Waals surface area contributed by atoms with Gasteiger partial charge in [-0.25, -0.2) is 4.98 Å². The zero-order valence-electron chi connectivity index (χ0n) is 13.3. The molecule has 0 spiro atoms. The molecule has 0 aliphatic heterocycles. The Balaban J connectivity index is 1.54. The number of benzene rings is 1. The molecule has 0 aliphatic carbocycles. The van der Waals surface area contributed by atoms with Gasteiger partial charge in [0.25, 0.3) is 0 Å². The minimum atomic E-state index is -4.42. The first-order chi connectivity index (χ1) is 12.3. The molecule has 0 fully saturated rings. The number of nitrogens with one attached hydrogen (secondary N) is 2. The molecule has 9 heteroatoms. The molecule has 1 aromatic carbocycles. The second-order valence-electron chi connectivity index (χ2n) is 5.55. The predicted octanol–water partition coefficient (Wildman–Crippen LogP) is 3.84. The molecule has 3 aromatic rings. The summed E-state index contributed by atoms with van der Waals surface area (Å²) in [5.41, 5.74) is 0.890. The summed E-state index contributed by atoms with van der Waals surface area (Å²) >= 11 is 3.37. The molecule has 136 valence electrons. The summed E-state index contributed by atoms with van der Waals surface area (Å²) in [6, 6.07) is 8.41. The number of hydrogen-bond donors (Lipinski definition) is 2. The van der Waals surface area contributed by atoms with Crippen LogP contribution in [-0.4, -0.2) is 21.8 Å². The summed E-state index contributed by atoms with van der Waals surface area (Å²) in [6.45, 7) is 0.0859. The van der Waals surface area contributed by atoms with Gasteiger partial charge in [0.1, 0.15) is 5.65 Å². The lowest BCUT2D eigenvalue weighted by Crippen LogP contribution is -2.29. The molecule has 26 heavy (non-hydrogen) atoms. The normalized spacial score (nSPS) is 11.5. The lowest BCUT2D eigenvalue weighted by Gasteiger charge is -2.10. The van der Waals surface area contributed by atoms with E-state index in [1.54, 1.807) is 6.20 Å². The average Bonchev–Trinajstić information content (AvgIpc) is 2.99. The average molecular weight is 427 g/mol. The molecule has 0 bridgehead atoms. The first-order valence-corrected chi connectivity index (χ1v) is 8.41. The van der Waals surface area contributed by atoms with Crippen LogP contribution in [0.3, 0.4) is 0 Å². The van der Waals surface area contributed by atoms with Crippen LogP contribution >= 0.6 is 15.9 Å². The molecular formula is C17H14BrF3N4O. The number of carbonyl (C=O) groups is 1. The number of aromatic nitrogens is 2. The number of halogens is 4. The van der Waals surface area contributed by atoms with Crippen molar-refractivity contribution in [3.8, 4) is 0 Å². The summed E-state index contributed by atoms with van der Waals surface area (Å²) in [6.07, 6.45) is -0.776. The van der Waals surface area contributed by atoms with Crippen LogP contribution in [0.15, 0.2) is 53.3 Å². The van der Waals surface area contributed by atoms with Gasteiger partial charge in [-0.15, -0.1) is 0 Å². The van der Waals surface area contributed by atoms with E-state index in [0.29, 0.717) is 5.69 Å². The predicted molar refractivity (Wildman–Crippen MR) is 94.7 cm³/mol. The number of nitrogens with zero attached hydrogens (tertiary/aromatic N) is 2. The third kappa shape index (κ3) is 4.54. The first kappa shape index (κ1) is 18.2. The van der Waals surface area contributed by atoms with Crippen molar-refractivity contribution in [2.24, 2.45) is 0 Å². The largest absolute Gasteiger partial charge is 0.416 e. The van der Waals surface area contributed by atoms with Gasteiger partial charge in [-0.2, -0.15) is 13.2 Å². The highest BCUT2D eigenvalue weighted by molar-refractivity contribution is 9.10. The van der Waals surface area contributed by atoms with Crippen LogP contribution in [0.2, 0.25) is 0 Å². The van der Waals surface area contributed by atoms with Crippen LogP contribution in [0.25, 0.3) is 5.65 Å². The molecule has 1 amide bonds. The Hall–Kier alpha value is -2.55. The lowest BCUT2D eigenvalue weighted by atomic mass is 10.2. The van der Waals surface area contributed by atoms with Gasteiger partial charge >= 0.3 is 6.18 Å². The highest BCUT2D eigenvalue weighted by Gasteiger charge is 2.30. The van der Waals surface area contributed by atoms with Gasteiger partial charge < -0.3 is 15.0 Å². The monoisotopic (exact) mass is 426 g/mol. The Morgan fingerprint density at radius 2 is 2.00 bits per heavy atom. The molecule has 2 N–H and O–H groups in total. The van der Waals surface area contributed by atoms with Gasteiger partial charge in [0.15, 0.2) is 0 Å². The Morgan fingerprint density at radius 1 is 1.19 bits per heavy atom. The van der Waals surface area contributed by atoms with E-state index < -0.39 is 11.7 Å². The number of carbonyl (C=O) groups excluding carboxylic acids is 1. The van der Waals surface area contributed by atoms with Gasteiger partial charge in [0.05, 0.1) is 24.3 Å². The number of pyridine rings is 1. The van der Waals surface area contributed by atoms with Crippen LogP contribution in [0.4, 0.5) is 18.9 Å². The Labute approximate surface area is 155 Å². The minimum absolute atomic E-state index is 0.139. The van der Waals surface area contributed by atoms with Crippen LogP contribution in [0.1, 0.15) is 11.3 Å². The topological polar surface area (TPSA) is 58.4 Å². The smallest absolute Gasteiger partial charge is 0.376 e. The zero-order chi connectivity index (χ0) is 18.7. The number of alkyl halides is 3. The molecule has 5 nitrogen and oxygen atoms in total. The fraction of sp³-hybridized carbons (Fsp3) is 0.176. The molecule has 0 aliphatic rings. The number of rotatable bonds is 5. The Morgan fingerprint density at radius 3 is 2.77 bits per heavy atom. The maximum absolute atomic E-state index is 12.7. The van der Waals surface area contributed by atoms with Crippen LogP contribution in [0.5, 0.6) is 0 Å². The van der Waals surface area contributed by atoms with E-state index in [4.69, 9.17) is 0 Å². The fourth-order valence-electron chi connectivity index (χ4n) is 2.34. The second-order valence-corrected chi connectivity index (χ2v) is 6.47. The maximum Gasteiger partial charge on any atom is 0.416 e. The van der Waals surface area contributed by atoms with Gasteiger partial charge in [-0.1, -0.05) is 6.07 Å². The number of fused-ring (bicyclic) bond motifs is 1. The van der Waals surface area contributed by atoms with E-state index >= 15 is 0 Å². The molecule has 3 rings (SSSR count). The molecular weight excluding hydrogens is 413 g/mol. The van der Waals surface area contributed by atoms with Crippen molar-refractivity contribution in [3.63, 3.8) is 0 Å². The Bertz CT molecular complexity index is 939. The van der Waals surface area contributed by atoms with Crippen molar-refractivity contribution in [2.45, 2.75) is 12.7 Å². The standard InChI is InChI=1S/C17H14BrF3N4O/c18-12-4-5-15-24-14(10-25(15)9-12)7-23-16(26)8-22-13-3-1-2-11(6-13)17(19,20)21/h1-6,9-10,22H,7-8H2,(H,23,26). The number of hydrogen-bond acceptors (Lipinski definition) is 3. The van der Waals surface area contributed by atoms with Crippen LogP contribution < -0.4 is 10.6 Å². The van der Waals surface area contributed by atoms with Crippen molar-refractivity contribution >= 4 is 33.2 Å². The molecule has 2 heterocycles. The lowest BCUT2D eigenvalue weighted by molar-refractivity contribution is -0.137. The summed E-state index contributed by atoms with van der Waals surface area (Å²) < 4.78 is 40.7. The minimum Gasteiger partial charge on any atom is -0.376 e. The Kier molecular flexibility index (Phi) is 5.17. The van der Waals surface area contributed by atoms with E-state index in [2.05, 4.69) is 31.5 Å². The highest BCUT2D eigenvalue weighted by atomic mass is 79.9. The van der Waals surface area contributed by atoms with E-state index in [1.165, 1.54) is 12.1 Å². The van der Waals surface area contributed by atoms with Gasteiger partial charge in [0.2, 0.25) is 5.91 Å². The first-order valence-electron chi connectivity index (χ1n) is 7.62. The molecule has 0 atom stereocenters. The third-order valence-corrected chi connectivity index (χ3v) is 4.04. The van der Waals surface area contributed by atoms with Crippen LogP contribution in [0, 0.1) is 0 Å². The molecule has 0 saturated carbocycles. The van der Waals surface area contributed by atoms with Gasteiger partial charge in [-0.05, 0) is 46.3 Å². The maximum atomic E-state index is 12.7. The van der Waals surface area contributed by atoms with Crippen molar-refractivity contribution in [2.75, 3.05) is 11.9 Å². The number of anilines is 1. The van der Waals surface area contributed by atoms with Crippen molar-refractivity contribution in [1.29, 1.82) is 0 Å². The van der Waals surface area contributed by atoms with E-state index in [1.807, 2.05) is 22.7 Å². The third-order valence-electron chi connectivity index (χ3n) is 3.57. The van der Waals surface area contributed by atoms with E-state index in [0.717, 1.165) is 22.3 Å². The van der Waals surface area contributed by atoms with Crippen molar-refractivity contribution in [1.82, 2.24) is 14.7 Å². The number of amides is 1. The number of imidazole rings is 1.